The van der Waals surface area contributed by atoms with Crippen molar-refractivity contribution in [2.75, 3.05) is 39.4 Å². The molecule has 0 saturated carbocycles. The van der Waals surface area contributed by atoms with Crippen LogP contribution in [0.2, 0.25) is 0 Å². The molecule has 2 fully saturated rings. The maximum absolute atomic E-state index is 12.5. The van der Waals surface area contributed by atoms with Crippen molar-refractivity contribution in [1.29, 1.82) is 0 Å². The lowest BCUT2D eigenvalue weighted by Gasteiger charge is -2.25. The fourth-order valence-electron chi connectivity index (χ4n) is 3.76. The zero-order chi connectivity index (χ0) is 19.2. The van der Waals surface area contributed by atoms with E-state index >= 15 is 0 Å². The molecule has 0 bridgehead atoms. The minimum absolute atomic E-state index is 0.0397. The standard InChI is InChI=1S/C19H27N7O2/c27-19(15-26-18(21-22-23-26)14-24-8-10-28-11-9-24)20-17-6-7-25(13-17)12-16-4-2-1-3-5-16/h1-5,17H,6-15H2,(H,20,27)/t17-/m1/s1. The van der Waals surface area contributed by atoms with Crippen LogP contribution < -0.4 is 5.32 Å². The number of ether oxygens (including phenoxy) is 1. The summed E-state index contributed by atoms with van der Waals surface area (Å²) in [5.41, 5.74) is 1.30. The van der Waals surface area contributed by atoms with Gasteiger partial charge < -0.3 is 10.1 Å². The van der Waals surface area contributed by atoms with Gasteiger partial charge in [0.15, 0.2) is 5.82 Å². The monoisotopic (exact) mass is 385 g/mol. The molecule has 2 aliphatic heterocycles. The second kappa shape index (κ2) is 9.22. The summed E-state index contributed by atoms with van der Waals surface area (Å²) in [5.74, 6) is 0.677. The number of rotatable bonds is 7. The Morgan fingerprint density at radius 3 is 2.75 bits per heavy atom. The van der Waals surface area contributed by atoms with Gasteiger partial charge in [-0.1, -0.05) is 30.3 Å². The number of carbonyl (C=O) groups is 1. The Morgan fingerprint density at radius 1 is 1.11 bits per heavy atom. The molecule has 1 N–H and O–H groups in total. The van der Waals surface area contributed by atoms with Crippen molar-refractivity contribution in [3.05, 3.63) is 41.7 Å². The van der Waals surface area contributed by atoms with E-state index in [1.54, 1.807) is 4.68 Å². The van der Waals surface area contributed by atoms with E-state index in [1.807, 2.05) is 6.07 Å². The van der Waals surface area contributed by atoms with E-state index in [1.165, 1.54) is 5.56 Å². The Labute approximate surface area is 164 Å². The van der Waals surface area contributed by atoms with Gasteiger partial charge in [-0.25, -0.2) is 4.68 Å². The summed E-state index contributed by atoms with van der Waals surface area (Å²) in [4.78, 5) is 17.1. The topological polar surface area (TPSA) is 88.4 Å². The second-order valence-corrected chi connectivity index (χ2v) is 7.42. The predicted octanol–water partition coefficient (Wildman–Crippen LogP) is -0.104. The SMILES string of the molecule is O=C(Cn1nnnc1CN1CCOCC1)N[C@@H]1CCN(Cc2ccccc2)C1. The van der Waals surface area contributed by atoms with Gasteiger partial charge in [0.05, 0.1) is 19.8 Å². The Kier molecular flexibility index (Phi) is 6.25. The van der Waals surface area contributed by atoms with Crippen molar-refractivity contribution in [2.45, 2.75) is 32.1 Å². The number of aromatic nitrogens is 4. The summed E-state index contributed by atoms with van der Waals surface area (Å²) < 4.78 is 6.96. The minimum atomic E-state index is -0.0397. The number of likely N-dealkylation sites (tertiary alicyclic amines) is 1. The third-order valence-corrected chi connectivity index (χ3v) is 5.25. The molecule has 9 heteroatoms. The molecule has 0 unspecified atom stereocenters. The molecule has 1 aromatic heterocycles. The Hall–Kier alpha value is -2.36. The smallest absolute Gasteiger partial charge is 0.242 e. The van der Waals surface area contributed by atoms with Gasteiger partial charge in [0.25, 0.3) is 0 Å². The highest BCUT2D eigenvalue weighted by Gasteiger charge is 2.24. The van der Waals surface area contributed by atoms with E-state index in [0.29, 0.717) is 12.4 Å². The lowest BCUT2D eigenvalue weighted by molar-refractivity contribution is -0.122. The average Bonchev–Trinajstić information content (AvgIpc) is 3.33. The number of nitrogens with zero attached hydrogens (tertiary/aromatic N) is 6. The third-order valence-electron chi connectivity index (χ3n) is 5.25. The molecule has 2 saturated heterocycles. The van der Waals surface area contributed by atoms with Crippen LogP contribution in [0.4, 0.5) is 0 Å². The first-order chi connectivity index (χ1) is 13.8. The molecule has 4 rings (SSSR count). The second-order valence-electron chi connectivity index (χ2n) is 7.42. The molecule has 150 valence electrons. The third kappa shape index (κ3) is 5.12. The largest absolute Gasteiger partial charge is 0.379 e. The molecular weight excluding hydrogens is 358 g/mol. The van der Waals surface area contributed by atoms with Gasteiger partial charge in [-0.2, -0.15) is 0 Å². The van der Waals surface area contributed by atoms with Gasteiger partial charge in [-0.15, -0.1) is 5.10 Å². The number of amides is 1. The van der Waals surface area contributed by atoms with E-state index in [4.69, 9.17) is 4.74 Å². The van der Waals surface area contributed by atoms with Gasteiger partial charge in [-0.05, 0) is 22.4 Å². The average molecular weight is 385 g/mol. The van der Waals surface area contributed by atoms with Gasteiger partial charge in [0.2, 0.25) is 5.91 Å². The van der Waals surface area contributed by atoms with Crippen molar-refractivity contribution in [1.82, 2.24) is 35.3 Å². The van der Waals surface area contributed by atoms with Gasteiger partial charge in [0.1, 0.15) is 6.54 Å². The predicted molar refractivity (Wildman–Crippen MR) is 102 cm³/mol. The molecular formula is C19H27N7O2. The molecule has 3 heterocycles. The number of nitrogens with one attached hydrogen (secondary N) is 1. The van der Waals surface area contributed by atoms with Crippen LogP contribution in [0.15, 0.2) is 30.3 Å². The van der Waals surface area contributed by atoms with E-state index in [9.17, 15) is 4.79 Å². The maximum Gasteiger partial charge on any atom is 0.242 e. The number of carbonyl (C=O) groups excluding carboxylic acids is 1. The zero-order valence-electron chi connectivity index (χ0n) is 16.0. The van der Waals surface area contributed by atoms with Crippen LogP contribution in [0, 0.1) is 0 Å². The highest BCUT2D eigenvalue weighted by molar-refractivity contribution is 5.76. The van der Waals surface area contributed by atoms with Crippen molar-refractivity contribution in [3.8, 4) is 0 Å². The molecule has 2 aliphatic rings. The van der Waals surface area contributed by atoms with E-state index in [0.717, 1.165) is 52.4 Å². The first kappa shape index (κ1) is 19.0. The van der Waals surface area contributed by atoms with Crippen LogP contribution in [-0.2, 0) is 29.2 Å². The summed E-state index contributed by atoms with van der Waals surface area (Å²) in [6.07, 6.45) is 0.967. The molecule has 0 spiro atoms. The normalized spacial score (nSPS) is 21.1. The molecule has 1 amide bonds. The van der Waals surface area contributed by atoms with Crippen LogP contribution >= 0.6 is 0 Å². The fraction of sp³-hybridized carbons (Fsp3) is 0.579. The quantitative estimate of drug-likeness (QED) is 0.712. The molecule has 28 heavy (non-hydrogen) atoms. The maximum atomic E-state index is 12.5. The van der Waals surface area contributed by atoms with Crippen LogP contribution in [0.5, 0.6) is 0 Å². The Bertz CT molecular complexity index is 761. The van der Waals surface area contributed by atoms with Crippen molar-refractivity contribution >= 4 is 5.91 Å². The molecule has 0 aliphatic carbocycles. The van der Waals surface area contributed by atoms with E-state index in [2.05, 4.69) is 54.9 Å². The first-order valence-corrected chi connectivity index (χ1v) is 9.87. The van der Waals surface area contributed by atoms with Crippen LogP contribution in [0.25, 0.3) is 0 Å². The van der Waals surface area contributed by atoms with Gasteiger partial charge in [-0.3, -0.25) is 14.6 Å². The van der Waals surface area contributed by atoms with Crippen LogP contribution in [0.3, 0.4) is 0 Å². The number of hydrogen-bond donors (Lipinski definition) is 1. The number of morpholine rings is 1. The van der Waals surface area contributed by atoms with Crippen molar-refractivity contribution in [3.63, 3.8) is 0 Å². The van der Waals surface area contributed by atoms with E-state index in [-0.39, 0.29) is 18.5 Å². The fourth-order valence-corrected chi connectivity index (χ4v) is 3.76. The highest BCUT2D eigenvalue weighted by Crippen LogP contribution is 2.13. The van der Waals surface area contributed by atoms with Crippen LogP contribution in [-0.4, -0.2) is 81.3 Å². The van der Waals surface area contributed by atoms with Crippen molar-refractivity contribution < 1.29 is 9.53 Å². The summed E-state index contributed by atoms with van der Waals surface area (Å²) >= 11 is 0. The Morgan fingerprint density at radius 2 is 1.93 bits per heavy atom. The summed E-state index contributed by atoms with van der Waals surface area (Å²) in [7, 11) is 0. The molecule has 1 aromatic carbocycles. The highest BCUT2D eigenvalue weighted by atomic mass is 16.5. The summed E-state index contributed by atoms with van der Waals surface area (Å²) in [6.45, 7) is 6.75. The summed E-state index contributed by atoms with van der Waals surface area (Å²) in [6, 6.07) is 10.6. The van der Waals surface area contributed by atoms with E-state index < -0.39 is 0 Å². The minimum Gasteiger partial charge on any atom is -0.379 e. The number of hydrogen-bond acceptors (Lipinski definition) is 7. The zero-order valence-corrected chi connectivity index (χ0v) is 16.0. The van der Waals surface area contributed by atoms with Crippen molar-refractivity contribution in [2.24, 2.45) is 0 Å². The first-order valence-electron chi connectivity index (χ1n) is 9.87. The molecule has 2 aromatic rings. The lowest BCUT2D eigenvalue weighted by Crippen LogP contribution is -2.40. The molecule has 1 atom stereocenters. The molecule has 0 radical (unpaired) electrons. The number of tetrazole rings is 1. The number of benzene rings is 1. The van der Waals surface area contributed by atoms with Crippen LogP contribution in [0.1, 0.15) is 17.8 Å². The van der Waals surface area contributed by atoms with Gasteiger partial charge >= 0.3 is 0 Å². The Balaban J connectivity index is 1.24. The van der Waals surface area contributed by atoms with Gasteiger partial charge in [0, 0.05) is 38.8 Å². The lowest BCUT2D eigenvalue weighted by atomic mass is 10.2. The molecule has 9 nitrogen and oxygen atoms in total. The summed E-state index contributed by atoms with van der Waals surface area (Å²) in [5, 5.41) is 15.0.